The number of aromatic nitrogens is 2. The van der Waals surface area contributed by atoms with Crippen molar-refractivity contribution in [3.63, 3.8) is 0 Å². The van der Waals surface area contributed by atoms with Crippen LogP contribution in [-0.4, -0.2) is 46.0 Å². The maximum atomic E-state index is 12.5. The van der Waals surface area contributed by atoms with E-state index in [1.54, 1.807) is 4.57 Å². The van der Waals surface area contributed by atoms with E-state index in [-0.39, 0.29) is 17.6 Å². The van der Waals surface area contributed by atoms with E-state index in [1.165, 1.54) is 5.56 Å². The monoisotopic (exact) mass is 392 g/mol. The number of H-pyrrole nitrogens is 1. The summed E-state index contributed by atoms with van der Waals surface area (Å²) in [5.74, 6) is 0.0112. The third kappa shape index (κ3) is 4.95. The van der Waals surface area contributed by atoms with E-state index in [0.29, 0.717) is 13.0 Å². The molecule has 6 nitrogen and oxygen atoms in total. The molecule has 1 aliphatic heterocycles. The van der Waals surface area contributed by atoms with Crippen LogP contribution < -0.4 is 11.0 Å². The molecule has 1 saturated heterocycles. The highest BCUT2D eigenvalue weighted by atomic mass is 16.2. The molecule has 1 unspecified atom stereocenters. The summed E-state index contributed by atoms with van der Waals surface area (Å²) in [6.07, 6.45) is 3.45. The summed E-state index contributed by atoms with van der Waals surface area (Å²) in [7, 11) is 0. The van der Waals surface area contributed by atoms with Gasteiger partial charge in [-0.2, -0.15) is 0 Å². The third-order valence-electron chi connectivity index (χ3n) is 5.67. The number of aromatic amines is 1. The Bertz CT molecular complexity index is 1010. The van der Waals surface area contributed by atoms with Gasteiger partial charge >= 0.3 is 5.69 Å². The molecule has 1 fully saturated rings. The minimum absolute atomic E-state index is 0.0112. The lowest BCUT2D eigenvalue weighted by Crippen LogP contribution is -2.48. The van der Waals surface area contributed by atoms with Gasteiger partial charge in [-0.3, -0.25) is 9.36 Å². The summed E-state index contributed by atoms with van der Waals surface area (Å²) < 4.78 is 1.64. The van der Waals surface area contributed by atoms with Gasteiger partial charge in [0.05, 0.1) is 11.0 Å². The van der Waals surface area contributed by atoms with Crippen LogP contribution in [-0.2, 0) is 17.8 Å². The molecule has 3 aromatic rings. The molecule has 0 saturated carbocycles. The Kier molecular flexibility index (Phi) is 6.10. The standard InChI is InChI=1S/C23H28N4O2/c28-22(13-16-27-21-11-5-4-10-20(21)25-23(27)29)24-19-9-6-14-26(17-19)15-12-18-7-2-1-3-8-18/h1-5,7-8,10-11,19H,6,9,12-17H2,(H,24,28)(H,25,29). The third-order valence-corrected chi connectivity index (χ3v) is 5.67. The van der Waals surface area contributed by atoms with Gasteiger partial charge in [0.25, 0.3) is 0 Å². The van der Waals surface area contributed by atoms with Crippen molar-refractivity contribution in [2.24, 2.45) is 0 Å². The SMILES string of the molecule is O=C(CCn1c(=O)[nH]c2ccccc21)NC1CCCN(CCc2ccccc2)C1. The summed E-state index contributed by atoms with van der Waals surface area (Å²) >= 11 is 0. The van der Waals surface area contributed by atoms with Gasteiger partial charge in [0.2, 0.25) is 5.91 Å². The molecule has 2 aromatic carbocycles. The number of aryl methyl sites for hydroxylation is 1. The molecule has 152 valence electrons. The van der Waals surface area contributed by atoms with Crippen LogP contribution in [0.2, 0.25) is 0 Å². The van der Waals surface area contributed by atoms with Crippen molar-refractivity contribution in [3.8, 4) is 0 Å². The number of hydrogen-bond acceptors (Lipinski definition) is 3. The average molecular weight is 393 g/mol. The van der Waals surface area contributed by atoms with Gasteiger partial charge in [-0.05, 0) is 43.5 Å². The number of nitrogens with zero attached hydrogens (tertiary/aromatic N) is 2. The fourth-order valence-corrected chi connectivity index (χ4v) is 4.15. The lowest BCUT2D eigenvalue weighted by Gasteiger charge is -2.33. The summed E-state index contributed by atoms with van der Waals surface area (Å²) in [6.45, 7) is 3.38. The van der Waals surface area contributed by atoms with Crippen molar-refractivity contribution in [2.75, 3.05) is 19.6 Å². The van der Waals surface area contributed by atoms with Gasteiger partial charge in [0.15, 0.2) is 0 Å². The molecule has 6 heteroatoms. The van der Waals surface area contributed by atoms with Crippen LogP contribution in [0.25, 0.3) is 11.0 Å². The van der Waals surface area contributed by atoms with Gasteiger partial charge < -0.3 is 15.2 Å². The molecule has 1 aliphatic rings. The zero-order valence-corrected chi connectivity index (χ0v) is 16.6. The molecule has 2 heterocycles. The number of imidazole rings is 1. The predicted octanol–water partition coefficient (Wildman–Crippen LogP) is 2.54. The number of carbonyl (C=O) groups excluding carboxylic acids is 1. The van der Waals surface area contributed by atoms with Crippen LogP contribution in [0.1, 0.15) is 24.8 Å². The summed E-state index contributed by atoms with van der Waals surface area (Å²) in [4.78, 5) is 29.9. The quantitative estimate of drug-likeness (QED) is 0.649. The number of rotatable bonds is 7. The van der Waals surface area contributed by atoms with Crippen molar-refractivity contribution in [2.45, 2.75) is 38.3 Å². The maximum absolute atomic E-state index is 12.5. The largest absolute Gasteiger partial charge is 0.352 e. The number of para-hydroxylation sites is 2. The normalized spacial score (nSPS) is 17.4. The molecular weight excluding hydrogens is 364 g/mol. The molecule has 0 spiro atoms. The summed E-state index contributed by atoms with van der Waals surface area (Å²) in [6, 6.07) is 18.3. The first kappa shape index (κ1) is 19.5. The molecule has 0 aliphatic carbocycles. The maximum Gasteiger partial charge on any atom is 0.326 e. The highest BCUT2D eigenvalue weighted by molar-refractivity contribution is 5.77. The van der Waals surface area contributed by atoms with Gasteiger partial charge in [-0.15, -0.1) is 0 Å². The zero-order valence-electron chi connectivity index (χ0n) is 16.6. The first-order valence-electron chi connectivity index (χ1n) is 10.4. The van der Waals surface area contributed by atoms with E-state index in [9.17, 15) is 9.59 Å². The number of benzene rings is 2. The van der Waals surface area contributed by atoms with Gasteiger partial charge in [0, 0.05) is 32.1 Å². The zero-order chi connectivity index (χ0) is 20.1. The molecule has 0 bridgehead atoms. The van der Waals surface area contributed by atoms with E-state index in [1.807, 2.05) is 30.3 Å². The second-order valence-corrected chi connectivity index (χ2v) is 7.79. The van der Waals surface area contributed by atoms with E-state index in [4.69, 9.17) is 0 Å². The van der Waals surface area contributed by atoms with Crippen molar-refractivity contribution in [1.82, 2.24) is 19.8 Å². The second-order valence-electron chi connectivity index (χ2n) is 7.79. The number of carbonyl (C=O) groups is 1. The Morgan fingerprint density at radius 1 is 1.07 bits per heavy atom. The summed E-state index contributed by atoms with van der Waals surface area (Å²) in [5.41, 5.74) is 2.83. The molecule has 1 aromatic heterocycles. The van der Waals surface area contributed by atoms with Crippen molar-refractivity contribution in [3.05, 3.63) is 70.6 Å². The smallest absolute Gasteiger partial charge is 0.326 e. The lowest BCUT2D eigenvalue weighted by molar-refractivity contribution is -0.122. The molecule has 0 radical (unpaired) electrons. The number of likely N-dealkylation sites (tertiary alicyclic amines) is 1. The van der Waals surface area contributed by atoms with E-state index < -0.39 is 0 Å². The number of nitrogens with one attached hydrogen (secondary N) is 2. The first-order valence-corrected chi connectivity index (χ1v) is 10.4. The highest BCUT2D eigenvalue weighted by Crippen LogP contribution is 2.12. The lowest BCUT2D eigenvalue weighted by atomic mass is 10.0. The molecule has 2 N–H and O–H groups in total. The van der Waals surface area contributed by atoms with Gasteiger partial charge in [0.1, 0.15) is 0 Å². The van der Waals surface area contributed by atoms with Crippen LogP contribution in [0, 0.1) is 0 Å². The van der Waals surface area contributed by atoms with Crippen molar-refractivity contribution in [1.29, 1.82) is 0 Å². The summed E-state index contributed by atoms with van der Waals surface area (Å²) in [5, 5.41) is 3.17. The fraction of sp³-hybridized carbons (Fsp3) is 0.391. The van der Waals surface area contributed by atoms with E-state index >= 15 is 0 Å². The molecule has 4 rings (SSSR count). The van der Waals surface area contributed by atoms with Crippen LogP contribution in [0.15, 0.2) is 59.4 Å². The molecule has 1 amide bonds. The molecule has 29 heavy (non-hydrogen) atoms. The molecular formula is C23H28N4O2. The van der Waals surface area contributed by atoms with Gasteiger partial charge in [-0.1, -0.05) is 42.5 Å². The number of fused-ring (bicyclic) bond motifs is 1. The van der Waals surface area contributed by atoms with Crippen LogP contribution in [0.4, 0.5) is 0 Å². The Hall–Kier alpha value is -2.86. The minimum atomic E-state index is -0.163. The number of amides is 1. The Balaban J connectivity index is 1.27. The number of hydrogen-bond donors (Lipinski definition) is 2. The Labute approximate surface area is 170 Å². The van der Waals surface area contributed by atoms with Crippen molar-refractivity contribution >= 4 is 16.9 Å². The van der Waals surface area contributed by atoms with E-state index in [2.05, 4.69) is 39.5 Å². The van der Waals surface area contributed by atoms with Crippen molar-refractivity contribution < 1.29 is 4.79 Å². The predicted molar refractivity (Wildman–Crippen MR) is 115 cm³/mol. The van der Waals surface area contributed by atoms with Gasteiger partial charge in [-0.25, -0.2) is 4.79 Å². The van der Waals surface area contributed by atoms with Crippen LogP contribution in [0.5, 0.6) is 0 Å². The fourth-order valence-electron chi connectivity index (χ4n) is 4.15. The number of piperidine rings is 1. The van der Waals surface area contributed by atoms with Crippen LogP contribution in [0.3, 0.4) is 0 Å². The van der Waals surface area contributed by atoms with E-state index in [0.717, 1.165) is 49.9 Å². The Morgan fingerprint density at radius 2 is 1.86 bits per heavy atom. The highest BCUT2D eigenvalue weighted by Gasteiger charge is 2.21. The molecule has 1 atom stereocenters. The first-order chi connectivity index (χ1) is 14.2. The minimum Gasteiger partial charge on any atom is -0.352 e. The second kappa shape index (κ2) is 9.09. The average Bonchev–Trinajstić information content (AvgIpc) is 3.07. The topological polar surface area (TPSA) is 70.1 Å². The Morgan fingerprint density at radius 3 is 2.72 bits per heavy atom. The van der Waals surface area contributed by atoms with Crippen LogP contribution >= 0.6 is 0 Å².